The van der Waals surface area contributed by atoms with E-state index in [1.54, 1.807) is 12.4 Å². The zero-order valence-electron chi connectivity index (χ0n) is 16.5. The van der Waals surface area contributed by atoms with Gasteiger partial charge in [0.1, 0.15) is 0 Å². The normalized spacial score (nSPS) is 15.3. The molecule has 4 rings (SSSR count). The Hall–Kier alpha value is -3.09. The van der Waals surface area contributed by atoms with E-state index in [2.05, 4.69) is 66.4 Å². The molecular formula is C21H27N7. The number of benzene rings is 1. The number of guanidine groups is 1. The number of aromatic nitrogens is 3. The van der Waals surface area contributed by atoms with Gasteiger partial charge in [-0.1, -0.05) is 18.2 Å². The summed E-state index contributed by atoms with van der Waals surface area (Å²) >= 11 is 0. The van der Waals surface area contributed by atoms with E-state index >= 15 is 0 Å². The summed E-state index contributed by atoms with van der Waals surface area (Å²) in [5.74, 6) is 1.77. The second kappa shape index (κ2) is 8.29. The van der Waals surface area contributed by atoms with Crippen LogP contribution in [0.15, 0.2) is 47.8 Å². The van der Waals surface area contributed by atoms with E-state index in [1.165, 1.54) is 22.0 Å². The Kier molecular flexibility index (Phi) is 5.41. The van der Waals surface area contributed by atoms with Gasteiger partial charge in [-0.25, -0.2) is 9.97 Å². The first-order valence-electron chi connectivity index (χ1n) is 9.79. The molecule has 1 aliphatic heterocycles. The Bertz CT molecular complexity index is 940. The van der Waals surface area contributed by atoms with E-state index in [0.29, 0.717) is 0 Å². The Morgan fingerprint density at radius 2 is 1.93 bits per heavy atom. The van der Waals surface area contributed by atoms with E-state index in [0.717, 1.165) is 51.1 Å². The van der Waals surface area contributed by atoms with Crippen LogP contribution in [0.3, 0.4) is 0 Å². The van der Waals surface area contributed by atoms with Gasteiger partial charge in [0.15, 0.2) is 5.96 Å². The number of piperazine rings is 1. The van der Waals surface area contributed by atoms with Crippen molar-refractivity contribution in [3.05, 3.63) is 54.0 Å². The van der Waals surface area contributed by atoms with Crippen LogP contribution in [0.25, 0.3) is 10.9 Å². The molecule has 0 atom stereocenters. The number of para-hydroxylation sites is 1. The molecule has 0 amide bonds. The summed E-state index contributed by atoms with van der Waals surface area (Å²) < 4.78 is 0. The molecular weight excluding hydrogens is 350 g/mol. The summed E-state index contributed by atoms with van der Waals surface area (Å²) in [5, 5.41) is 4.84. The maximum Gasteiger partial charge on any atom is 0.225 e. The van der Waals surface area contributed by atoms with Crippen LogP contribution >= 0.6 is 0 Å². The molecule has 7 nitrogen and oxygen atoms in total. The van der Waals surface area contributed by atoms with Crippen LogP contribution < -0.4 is 10.2 Å². The highest BCUT2D eigenvalue weighted by Crippen LogP contribution is 2.21. The minimum Gasteiger partial charge on any atom is -0.361 e. The zero-order valence-corrected chi connectivity index (χ0v) is 16.5. The molecule has 1 fully saturated rings. The summed E-state index contributed by atoms with van der Waals surface area (Å²) in [6, 6.07) is 8.30. The molecule has 0 spiro atoms. The average molecular weight is 377 g/mol. The van der Waals surface area contributed by atoms with E-state index in [1.807, 2.05) is 13.1 Å². The number of aryl methyl sites for hydroxylation is 1. The number of anilines is 1. The molecule has 146 valence electrons. The lowest BCUT2D eigenvalue weighted by atomic mass is 10.1. The molecule has 0 aliphatic carbocycles. The van der Waals surface area contributed by atoms with Gasteiger partial charge in [-0.15, -0.1) is 0 Å². The summed E-state index contributed by atoms with van der Waals surface area (Å²) in [6.45, 7) is 6.60. The van der Waals surface area contributed by atoms with Crippen LogP contribution in [0.4, 0.5) is 5.95 Å². The first-order chi connectivity index (χ1) is 13.8. The fourth-order valence-electron chi connectivity index (χ4n) is 3.78. The molecule has 3 heterocycles. The van der Waals surface area contributed by atoms with Crippen LogP contribution in [0.1, 0.15) is 11.1 Å². The van der Waals surface area contributed by atoms with Crippen LogP contribution in [-0.4, -0.2) is 65.6 Å². The van der Waals surface area contributed by atoms with E-state index in [-0.39, 0.29) is 0 Å². The minimum absolute atomic E-state index is 0.805. The Balaban J connectivity index is 1.31. The standard InChI is InChI=1S/C21H27N7/c1-16-5-3-6-18-17(15-26-19(16)18)7-10-25-20(22-2)27-11-13-28(14-12-27)21-23-8-4-9-24-21/h3-6,8-9,15,26H,7,10-14H2,1-2H3,(H,22,25). The molecule has 7 heteroatoms. The first kappa shape index (κ1) is 18.3. The number of aliphatic imine (C=N–C) groups is 1. The van der Waals surface area contributed by atoms with Crippen molar-refractivity contribution in [1.29, 1.82) is 0 Å². The van der Waals surface area contributed by atoms with Gasteiger partial charge in [0.25, 0.3) is 0 Å². The van der Waals surface area contributed by atoms with Gasteiger partial charge in [-0.2, -0.15) is 0 Å². The minimum atomic E-state index is 0.805. The topological polar surface area (TPSA) is 72.4 Å². The number of hydrogen-bond donors (Lipinski definition) is 2. The second-order valence-electron chi connectivity index (χ2n) is 7.06. The van der Waals surface area contributed by atoms with Gasteiger partial charge in [0.2, 0.25) is 5.95 Å². The van der Waals surface area contributed by atoms with Crippen molar-refractivity contribution < 1.29 is 0 Å². The number of rotatable bonds is 4. The van der Waals surface area contributed by atoms with Gasteiger partial charge in [0, 0.05) is 69.3 Å². The van der Waals surface area contributed by atoms with Crippen molar-refractivity contribution in [3.63, 3.8) is 0 Å². The number of H-pyrrole nitrogens is 1. The highest BCUT2D eigenvalue weighted by Gasteiger charge is 2.21. The molecule has 1 saturated heterocycles. The third-order valence-corrected chi connectivity index (χ3v) is 5.31. The Morgan fingerprint density at radius 3 is 2.68 bits per heavy atom. The summed E-state index contributed by atoms with van der Waals surface area (Å²) in [7, 11) is 1.85. The molecule has 2 aromatic heterocycles. The lowest BCUT2D eigenvalue weighted by molar-refractivity contribution is 0.370. The van der Waals surface area contributed by atoms with E-state index in [9.17, 15) is 0 Å². The monoisotopic (exact) mass is 377 g/mol. The third-order valence-electron chi connectivity index (χ3n) is 5.31. The smallest absolute Gasteiger partial charge is 0.225 e. The lowest BCUT2D eigenvalue weighted by Crippen LogP contribution is -2.53. The fraction of sp³-hybridized carbons (Fsp3) is 0.381. The molecule has 0 bridgehead atoms. The first-order valence-corrected chi connectivity index (χ1v) is 9.79. The van der Waals surface area contributed by atoms with Crippen LogP contribution in [-0.2, 0) is 6.42 Å². The van der Waals surface area contributed by atoms with Gasteiger partial charge < -0.3 is 20.1 Å². The fourth-order valence-corrected chi connectivity index (χ4v) is 3.78. The molecule has 1 aromatic carbocycles. The number of fused-ring (bicyclic) bond motifs is 1. The van der Waals surface area contributed by atoms with Crippen LogP contribution in [0.5, 0.6) is 0 Å². The SMILES string of the molecule is CN=C(NCCc1c[nH]c2c(C)cccc12)N1CCN(c2ncccn2)CC1. The van der Waals surface area contributed by atoms with Gasteiger partial charge >= 0.3 is 0 Å². The van der Waals surface area contributed by atoms with Crippen LogP contribution in [0.2, 0.25) is 0 Å². The summed E-state index contributed by atoms with van der Waals surface area (Å²) in [4.78, 5) is 21.1. The average Bonchev–Trinajstić information content (AvgIpc) is 3.17. The quantitative estimate of drug-likeness (QED) is 0.539. The van der Waals surface area contributed by atoms with E-state index in [4.69, 9.17) is 0 Å². The van der Waals surface area contributed by atoms with Crippen molar-refractivity contribution in [2.45, 2.75) is 13.3 Å². The second-order valence-corrected chi connectivity index (χ2v) is 7.06. The molecule has 1 aliphatic rings. The van der Waals surface area contributed by atoms with Crippen molar-refractivity contribution >= 4 is 22.8 Å². The summed E-state index contributed by atoms with van der Waals surface area (Å²) in [6.07, 6.45) is 6.67. The maximum absolute atomic E-state index is 4.48. The van der Waals surface area contributed by atoms with Gasteiger partial charge in [0.05, 0.1) is 0 Å². The van der Waals surface area contributed by atoms with Crippen molar-refractivity contribution in [1.82, 2.24) is 25.2 Å². The highest BCUT2D eigenvalue weighted by atomic mass is 15.4. The highest BCUT2D eigenvalue weighted by molar-refractivity contribution is 5.86. The van der Waals surface area contributed by atoms with E-state index < -0.39 is 0 Å². The van der Waals surface area contributed by atoms with Gasteiger partial charge in [-0.05, 0) is 30.5 Å². The number of nitrogens with one attached hydrogen (secondary N) is 2. The number of nitrogens with zero attached hydrogens (tertiary/aromatic N) is 5. The molecule has 0 saturated carbocycles. The lowest BCUT2D eigenvalue weighted by Gasteiger charge is -2.36. The predicted molar refractivity (Wildman–Crippen MR) is 114 cm³/mol. The van der Waals surface area contributed by atoms with Gasteiger partial charge in [-0.3, -0.25) is 4.99 Å². The molecule has 0 radical (unpaired) electrons. The molecule has 3 aromatic rings. The molecule has 2 N–H and O–H groups in total. The zero-order chi connectivity index (χ0) is 19.3. The van der Waals surface area contributed by atoms with Crippen molar-refractivity contribution in [2.24, 2.45) is 4.99 Å². The molecule has 28 heavy (non-hydrogen) atoms. The Morgan fingerprint density at radius 1 is 1.14 bits per heavy atom. The predicted octanol–water partition coefficient (Wildman–Crippen LogP) is 2.21. The largest absolute Gasteiger partial charge is 0.361 e. The van der Waals surface area contributed by atoms with Crippen molar-refractivity contribution in [3.8, 4) is 0 Å². The van der Waals surface area contributed by atoms with Crippen molar-refractivity contribution in [2.75, 3.05) is 44.7 Å². The maximum atomic E-state index is 4.48. The molecule has 0 unspecified atom stereocenters. The Labute approximate surface area is 165 Å². The number of aromatic amines is 1. The third kappa shape index (κ3) is 3.78. The summed E-state index contributed by atoms with van der Waals surface area (Å²) in [5.41, 5.74) is 3.86. The van der Waals surface area contributed by atoms with Crippen LogP contribution in [0, 0.1) is 6.92 Å². The number of hydrogen-bond acceptors (Lipinski definition) is 4.